The predicted octanol–water partition coefficient (Wildman–Crippen LogP) is 2.36. The van der Waals surface area contributed by atoms with E-state index in [4.69, 9.17) is 4.52 Å². The largest absolute Gasteiger partial charge is 0.356 e. The number of para-hydroxylation sites is 1. The van der Waals surface area contributed by atoms with Crippen LogP contribution in [0.25, 0.3) is 11.0 Å². The van der Waals surface area contributed by atoms with Gasteiger partial charge in [0.1, 0.15) is 5.69 Å². The Bertz CT molecular complexity index is 682. The van der Waals surface area contributed by atoms with E-state index in [9.17, 15) is 4.79 Å². The summed E-state index contributed by atoms with van der Waals surface area (Å²) >= 11 is 0. The lowest BCUT2D eigenvalue weighted by molar-refractivity contribution is -0.132. The maximum Gasteiger partial charge on any atom is 0.228 e. The number of hydrogen-bond acceptors (Lipinski definition) is 4. The summed E-state index contributed by atoms with van der Waals surface area (Å²) in [6.07, 6.45) is 5.15. The zero-order chi connectivity index (χ0) is 15.6. The van der Waals surface area contributed by atoms with Crippen LogP contribution in [0.2, 0.25) is 0 Å². The van der Waals surface area contributed by atoms with Gasteiger partial charge in [-0.3, -0.25) is 4.79 Å². The maximum absolute atomic E-state index is 12.6. The molecule has 2 fully saturated rings. The molecule has 23 heavy (non-hydrogen) atoms. The number of benzene rings is 1. The first kappa shape index (κ1) is 14.7. The molecule has 1 atom stereocenters. The van der Waals surface area contributed by atoms with Crippen LogP contribution in [0.3, 0.4) is 0 Å². The normalized spacial score (nSPS) is 22.8. The second-order valence-electron chi connectivity index (χ2n) is 6.72. The van der Waals surface area contributed by atoms with E-state index in [1.54, 1.807) is 0 Å². The number of aromatic nitrogens is 1. The Morgan fingerprint density at radius 2 is 2.09 bits per heavy atom. The molecule has 0 aliphatic carbocycles. The molecule has 5 nitrogen and oxygen atoms in total. The molecule has 1 unspecified atom stereocenters. The van der Waals surface area contributed by atoms with Crippen LogP contribution in [0.4, 0.5) is 0 Å². The van der Waals surface area contributed by atoms with Crippen molar-refractivity contribution in [3.63, 3.8) is 0 Å². The lowest BCUT2D eigenvalue weighted by Gasteiger charge is -2.34. The number of likely N-dealkylation sites (tertiary alicyclic amines) is 1. The first-order chi connectivity index (χ1) is 11.3. The molecule has 4 rings (SSSR count). The molecule has 2 aliphatic heterocycles. The number of carbonyl (C=O) groups is 1. The highest BCUT2D eigenvalue weighted by Crippen LogP contribution is 2.26. The van der Waals surface area contributed by atoms with Crippen LogP contribution < -0.4 is 5.32 Å². The number of rotatable bonds is 3. The fourth-order valence-corrected chi connectivity index (χ4v) is 3.99. The standard InChI is InChI=1S/C18H23N3O2/c22-18(12-16-14-4-1-2-6-17(14)23-20-16)21-10-7-13(8-11-21)15-5-3-9-19-15/h1-2,4,6,13,15,19H,3,5,7-12H2. The van der Waals surface area contributed by atoms with E-state index < -0.39 is 0 Å². The zero-order valence-electron chi connectivity index (χ0n) is 13.3. The van der Waals surface area contributed by atoms with Gasteiger partial charge in [0, 0.05) is 24.5 Å². The third kappa shape index (κ3) is 2.98. The second-order valence-corrected chi connectivity index (χ2v) is 6.72. The van der Waals surface area contributed by atoms with Crippen molar-refractivity contribution in [3.05, 3.63) is 30.0 Å². The Morgan fingerprint density at radius 3 is 2.87 bits per heavy atom. The van der Waals surface area contributed by atoms with Gasteiger partial charge in [0.15, 0.2) is 5.58 Å². The van der Waals surface area contributed by atoms with E-state index >= 15 is 0 Å². The van der Waals surface area contributed by atoms with Crippen LogP contribution in [-0.4, -0.2) is 41.6 Å². The van der Waals surface area contributed by atoms with Gasteiger partial charge in [-0.05, 0) is 50.3 Å². The summed E-state index contributed by atoms with van der Waals surface area (Å²) in [5.41, 5.74) is 1.51. The van der Waals surface area contributed by atoms with E-state index in [0.717, 1.165) is 55.1 Å². The molecule has 1 amide bonds. The molecule has 2 aliphatic rings. The summed E-state index contributed by atoms with van der Waals surface area (Å²) in [6, 6.07) is 8.39. The molecule has 5 heteroatoms. The van der Waals surface area contributed by atoms with Gasteiger partial charge in [-0.2, -0.15) is 0 Å². The zero-order valence-corrected chi connectivity index (χ0v) is 13.3. The van der Waals surface area contributed by atoms with Gasteiger partial charge >= 0.3 is 0 Å². The van der Waals surface area contributed by atoms with Gasteiger partial charge < -0.3 is 14.7 Å². The lowest BCUT2D eigenvalue weighted by Crippen LogP contribution is -2.43. The smallest absolute Gasteiger partial charge is 0.228 e. The van der Waals surface area contributed by atoms with Crippen molar-refractivity contribution in [2.75, 3.05) is 19.6 Å². The quantitative estimate of drug-likeness (QED) is 0.945. The fraction of sp³-hybridized carbons (Fsp3) is 0.556. The molecule has 0 saturated carbocycles. The monoisotopic (exact) mass is 313 g/mol. The molecule has 3 heterocycles. The highest BCUT2D eigenvalue weighted by atomic mass is 16.5. The van der Waals surface area contributed by atoms with Crippen LogP contribution in [-0.2, 0) is 11.2 Å². The van der Waals surface area contributed by atoms with Crippen LogP contribution in [0.5, 0.6) is 0 Å². The Kier molecular flexibility index (Phi) is 4.04. The highest BCUT2D eigenvalue weighted by Gasteiger charge is 2.30. The highest BCUT2D eigenvalue weighted by molar-refractivity contribution is 5.86. The van der Waals surface area contributed by atoms with Crippen LogP contribution in [0.1, 0.15) is 31.4 Å². The average molecular weight is 313 g/mol. The Balaban J connectivity index is 1.36. The molecule has 0 bridgehead atoms. The fourth-order valence-electron chi connectivity index (χ4n) is 3.99. The minimum Gasteiger partial charge on any atom is -0.356 e. The molecule has 122 valence electrons. The number of piperidine rings is 1. The van der Waals surface area contributed by atoms with Gasteiger partial charge in [0.25, 0.3) is 0 Å². The summed E-state index contributed by atoms with van der Waals surface area (Å²) in [6.45, 7) is 2.90. The van der Waals surface area contributed by atoms with Crippen LogP contribution in [0.15, 0.2) is 28.8 Å². The molecule has 2 saturated heterocycles. The van der Waals surface area contributed by atoms with Gasteiger partial charge in [0.05, 0.1) is 6.42 Å². The Hall–Kier alpha value is -1.88. The maximum atomic E-state index is 12.6. The Labute approximate surface area is 136 Å². The van der Waals surface area contributed by atoms with E-state index in [1.807, 2.05) is 29.2 Å². The SMILES string of the molecule is O=C(Cc1noc2ccccc12)N1CCC(C2CCCN2)CC1. The van der Waals surface area contributed by atoms with Crippen molar-refractivity contribution in [2.24, 2.45) is 5.92 Å². The summed E-state index contributed by atoms with van der Waals surface area (Å²) in [7, 11) is 0. The third-order valence-electron chi connectivity index (χ3n) is 5.33. The number of hydrogen-bond donors (Lipinski definition) is 1. The van der Waals surface area contributed by atoms with Crippen molar-refractivity contribution < 1.29 is 9.32 Å². The first-order valence-electron chi connectivity index (χ1n) is 8.66. The van der Waals surface area contributed by atoms with Crippen LogP contribution >= 0.6 is 0 Å². The average Bonchev–Trinajstić information content (AvgIpc) is 3.25. The number of nitrogens with zero attached hydrogens (tertiary/aromatic N) is 2. The van der Waals surface area contributed by atoms with Crippen molar-refractivity contribution in [1.82, 2.24) is 15.4 Å². The molecule has 1 N–H and O–H groups in total. The number of fused-ring (bicyclic) bond motifs is 1. The van der Waals surface area contributed by atoms with Crippen LogP contribution in [0, 0.1) is 5.92 Å². The van der Waals surface area contributed by atoms with E-state index in [-0.39, 0.29) is 5.91 Å². The van der Waals surface area contributed by atoms with Crippen molar-refractivity contribution in [2.45, 2.75) is 38.1 Å². The van der Waals surface area contributed by atoms with E-state index in [0.29, 0.717) is 12.5 Å². The number of carbonyl (C=O) groups excluding carboxylic acids is 1. The summed E-state index contributed by atoms with van der Waals surface area (Å²) in [4.78, 5) is 14.6. The first-order valence-corrected chi connectivity index (χ1v) is 8.66. The van der Waals surface area contributed by atoms with Gasteiger partial charge in [-0.1, -0.05) is 17.3 Å². The van der Waals surface area contributed by atoms with E-state index in [2.05, 4.69) is 10.5 Å². The van der Waals surface area contributed by atoms with Gasteiger partial charge in [-0.15, -0.1) is 0 Å². The molecular formula is C18H23N3O2. The summed E-state index contributed by atoms with van der Waals surface area (Å²) in [5.74, 6) is 0.899. The molecule has 1 aromatic heterocycles. The summed E-state index contributed by atoms with van der Waals surface area (Å²) < 4.78 is 5.29. The molecule has 2 aromatic rings. The van der Waals surface area contributed by atoms with Crippen molar-refractivity contribution >= 4 is 16.9 Å². The topological polar surface area (TPSA) is 58.4 Å². The number of nitrogens with one attached hydrogen (secondary N) is 1. The third-order valence-corrected chi connectivity index (χ3v) is 5.33. The minimum absolute atomic E-state index is 0.168. The minimum atomic E-state index is 0.168. The predicted molar refractivity (Wildman–Crippen MR) is 88.0 cm³/mol. The molecular weight excluding hydrogens is 290 g/mol. The van der Waals surface area contributed by atoms with Crippen molar-refractivity contribution in [1.29, 1.82) is 0 Å². The molecule has 0 radical (unpaired) electrons. The number of amides is 1. The second kappa shape index (κ2) is 6.32. The van der Waals surface area contributed by atoms with Crippen molar-refractivity contribution in [3.8, 4) is 0 Å². The summed E-state index contributed by atoms with van der Waals surface area (Å²) in [5, 5.41) is 8.63. The molecule has 1 aromatic carbocycles. The molecule has 0 spiro atoms. The Morgan fingerprint density at radius 1 is 1.26 bits per heavy atom. The van der Waals surface area contributed by atoms with Gasteiger partial charge in [-0.25, -0.2) is 0 Å². The van der Waals surface area contributed by atoms with E-state index in [1.165, 1.54) is 12.8 Å². The lowest BCUT2D eigenvalue weighted by atomic mass is 9.88. The van der Waals surface area contributed by atoms with Gasteiger partial charge in [0.2, 0.25) is 5.91 Å².